The number of carbonyl (C=O) groups excluding carboxylic acids is 1. The van der Waals surface area contributed by atoms with Crippen LogP contribution in [0.3, 0.4) is 0 Å². The van der Waals surface area contributed by atoms with Crippen LogP contribution in [0.2, 0.25) is 5.02 Å². The number of hydrogen-bond acceptors (Lipinski definition) is 6. The van der Waals surface area contributed by atoms with Gasteiger partial charge in [-0.25, -0.2) is 19.9 Å². The number of hydrogen-bond donors (Lipinski definition) is 0. The molecule has 0 N–H and O–H groups in total. The van der Waals surface area contributed by atoms with Crippen molar-refractivity contribution < 1.29 is 9.53 Å². The van der Waals surface area contributed by atoms with Crippen LogP contribution < -0.4 is 4.74 Å². The Labute approximate surface area is 180 Å². The highest BCUT2D eigenvalue weighted by atomic mass is 35.5. The molecule has 0 bridgehead atoms. The van der Waals surface area contributed by atoms with E-state index in [1.54, 1.807) is 36.8 Å². The maximum absolute atomic E-state index is 13.5. The number of halogens is 1. The first kappa shape index (κ1) is 20.2. The molecular weight excluding hydrogens is 402 g/mol. The Kier molecular flexibility index (Phi) is 6.18. The number of aryl methyl sites for hydroxylation is 1. The molecule has 4 rings (SSSR count). The summed E-state index contributed by atoms with van der Waals surface area (Å²) >= 11 is 5.88. The summed E-state index contributed by atoms with van der Waals surface area (Å²) in [5.74, 6) is 0.853. The molecule has 154 valence electrons. The molecule has 0 aromatic carbocycles. The molecule has 0 saturated carbocycles. The fourth-order valence-electron chi connectivity index (χ4n) is 3.54. The highest BCUT2D eigenvalue weighted by molar-refractivity contribution is 6.30. The quantitative estimate of drug-likeness (QED) is 0.617. The van der Waals surface area contributed by atoms with Crippen molar-refractivity contribution in [1.82, 2.24) is 24.8 Å². The van der Waals surface area contributed by atoms with Gasteiger partial charge in [0.05, 0.1) is 16.6 Å². The molecule has 0 spiro atoms. The number of likely N-dealkylation sites (tertiary alicyclic amines) is 1. The van der Waals surface area contributed by atoms with Crippen molar-refractivity contribution in [3.8, 4) is 17.3 Å². The van der Waals surface area contributed by atoms with E-state index >= 15 is 0 Å². The minimum Gasteiger partial charge on any atom is -0.475 e. The average Bonchev–Trinajstić information content (AvgIpc) is 2.79. The van der Waals surface area contributed by atoms with Gasteiger partial charge in [0.25, 0.3) is 5.91 Å². The Bertz CT molecular complexity index is 1010. The van der Waals surface area contributed by atoms with Gasteiger partial charge in [-0.2, -0.15) is 0 Å². The van der Waals surface area contributed by atoms with Crippen LogP contribution in [-0.4, -0.2) is 49.9 Å². The molecule has 1 amide bonds. The van der Waals surface area contributed by atoms with E-state index in [4.69, 9.17) is 16.3 Å². The molecule has 7 nitrogen and oxygen atoms in total. The molecule has 0 aliphatic carbocycles. The predicted octanol–water partition coefficient (Wildman–Crippen LogP) is 3.97. The Morgan fingerprint density at radius 3 is 2.77 bits per heavy atom. The lowest BCUT2D eigenvalue weighted by Gasteiger charge is -2.35. The van der Waals surface area contributed by atoms with E-state index in [-0.39, 0.29) is 11.9 Å². The van der Waals surface area contributed by atoms with Gasteiger partial charge in [0.2, 0.25) is 5.88 Å². The highest BCUT2D eigenvalue weighted by Gasteiger charge is 2.31. The molecule has 1 saturated heterocycles. The molecule has 3 aromatic rings. The third-order valence-corrected chi connectivity index (χ3v) is 5.28. The number of rotatable bonds is 5. The Morgan fingerprint density at radius 2 is 2.00 bits per heavy atom. The predicted molar refractivity (Wildman–Crippen MR) is 113 cm³/mol. The molecular formula is C22H22ClN5O2. The molecule has 1 unspecified atom stereocenters. The van der Waals surface area contributed by atoms with Gasteiger partial charge in [-0.05, 0) is 50.5 Å². The van der Waals surface area contributed by atoms with Crippen LogP contribution in [0.25, 0.3) is 11.4 Å². The van der Waals surface area contributed by atoms with Gasteiger partial charge in [0.15, 0.2) is 5.82 Å². The normalized spacial score (nSPS) is 16.3. The third-order valence-electron chi connectivity index (χ3n) is 5.06. The van der Waals surface area contributed by atoms with Gasteiger partial charge < -0.3 is 9.64 Å². The molecule has 30 heavy (non-hydrogen) atoms. The number of ether oxygens (including phenoxy) is 1. The van der Waals surface area contributed by atoms with E-state index in [9.17, 15) is 4.79 Å². The van der Waals surface area contributed by atoms with E-state index in [2.05, 4.69) is 19.9 Å². The molecule has 4 heterocycles. The zero-order valence-corrected chi connectivity index (χ0v) is 17.4. The highest BCUT2D eigenvalue weighted by Crippen LogP contribution is 2.25. The molecule has 1 atom stereocenters. The topological polar surface area (TPSA) is 81.1 Å². The number of amides is 1. The molecule has 1 fully saturated rings. The van der Waals surface area contributed by atoms with E-state index < -0.39 is 0 Å². The Balaban J connectivity index is 1.58. The molecule has 8 heteroatoms. The minimum absolute atomic E-state index is 0.0596. The summed E-state index contributed by atoms with van der Waals surface area (Å²) in [5.41, 5.74) is 1.78. The second kappa shape index (κ2) is 9.17. The first-order chi connectivity index (χ1) is 14.6. The third kappa shape index (κ3) is 4.57. The molecule has 1 aliphatic heterocycles. The Morgan fingerprint density at radius 1 is 1.17 bits per heavy atom. The summed E-state index contributed by atoms with van der Waals surface area (Å²) in [4.78, 5) is 32.7. The number of pyridine rings is 2. The van der Waals surface area contributed by atoms with E-state index in [1.807, 2.05) is 24.0 Å². The number of carbonyl (C=O) groups is 1. The number of aromatic nitrogens is 4. The lowest BCUT2D eigenvalue weighted by Crippen LogP contribution is -2.47. The van der Waals surface area contributed by atoms with Gasteiger partial charge in [-0.3, -0.25) is 4.79 Å². The molecule has 1 aliphatic rings. The fourth-order valence-corrected chi connectivity index (χ4v) is 3.66. The van der Waals surface area contributed by atoms with Crippen LogP contribution in [-0.2, 0) is 0 Å². The molecule has 0 radical (unpaired) electrons. The SMILES string of the molecule is Cc1ccc(-c2ncccn2)c(C(=O)N2CCCCC2COc2ccc(Cl)cn2)n1. The summed E-state index contributed by atoms with van der Waals surface area (Å²) in [5, 5.41) is 0.554. The standard InChI is InChI=1S/C22H22ClN5O2/c1-15-6-8-18(21-24-10-4-11-25-21)20(27-15)22(29)28-12-3-2-5-17(28)14-30-19-9-7-16(23)13-26-19/h4,6-11,13,17H,2-3,5,12,14H2,1H3. The summed E-state index contributed by atoms with van der Waals surface area (Å²) in [6.45, 7) is 2.89. The van der Waals surface area contributed by atoms with Crippen molar-refractivity contribution in [3.05, 3.63) is 65.3 Å². The summed E-state index contributed by atoms with van der Waals surface area (Å²) in [6.07, 6.45) is 7.72. The Hall–Kier alpha value is -3.06. The van der Waals surface area contributed by atoms with Crippen LogP contribution in [0.4, 0.5) is 0 Å². The van der Waals surface area contributed by atoms with Crippen molar-refractivity contribution in [1.29, 1.82) is 0 Å². The monoisotopic (exact) mass is 423 g/mol. The average molecular weight is 424 g/mol. The van der Waals surface area contributed by atoms with Crippen LogP contribution >= 0.6 is 11.6 Å². The van der Waals surface area contributed by atoms with Crippen LogP contribution in [0.15, 0.2) is 48.9 Å². The van der Waals surface area contributed by atoms with Crippen LogP contribution in [0, 0.1) is 6.92 Å². The zero-order valence-electron chi connectivity index (χ0n) is 16.7. The van der Waals surface area contributed by atoms with Crippen molar-refractivity contribution >= 4 is 17.5 Å². The van der Waals surface area contributed by atoms with E-state index in [1.165, 1.54) is 0 Å². The van der Waals surface area contributed by atoms with Crippen molar-refractivity contribution in [2.75, 3.05) is 13.2 Å². The van der Waals surface area contributed by atoms with E-state index in [0.29, 0.717) is 41.1 Å². The second-order valence-electron chi connectivity index (χ2n) is 7.20. The zero-order chi connectivity index (χ0) is 20.9. The summed E-state index contributed by atoms with van der Waals surface area (Å²) in [6, 6.07) is 8.87. The van der Waals surface area contributed by atoms with Gasteiger partial charge in [0, 0.05) is 36.9 Å². The fraction of sp³-hybridized carbons (Fsp3) is 0.318. The first-order valence-corrected chi connectivity index (χ1v) is 10.3. The lowest BCUT2D eigenvalue weighted by atomic mass is 10.0. The smallest absolute Gasteiger partial charge is 0.273 e. The van der Waals surface area contributed by atoms with Crippen LogP contribution in [0.1, 0.15) is 35.4 Å². The van der Waals surface area contributed by atoms with Crippen molar-refractivity contribution in [3.63, 3.8) is 0 Å². The number of piperidine rings is 1. The summed E-state index contributed by atoms with van der Waals surface area (Å²) in [7, 11) is 0. The maximum Gasteiger partial charge on any atom is 0.273 e. The van der Waals surface area contributed by atoms with Crippen molar-refractivity contribution in [2.24, 2.45) is 0 Å². The minimum atomic E-state index is -0.126. The first-order valence-electron chi connectivity index (χ1n) is 9.92. The maximum atomic E-state index is 13.5. The van der Waals surface area contributed by atoms with Gasteiger partial charge in [0.1, 0.15) is 12.3 Å². The van der Waals surface area contributed by atoms with Gasteiger partial charge >= 0.3 is 0 Å². The summed E-state index contributed by atoms with van der Waals surface area (Å²) < 4.78 is 5.85. The lowest BCUT2D eigenvalue weighted by molar-refractivity contribution is 0.0519. The van der Waals surface area contributed by atoms with Gasteiger partial charge in [-0.15, -0.1) is 0 Å². The number of nitrogens with zero attached hydrogens (tertiary/aromatic N) is 5. The second-order valence-corrected chi connectivity index (χ2v) is 7.63. The molecule has 3 aromatic heterocycles. The largest absolute Gasteiger partial charge is 0.475 e. The van der Waals surface area contributed by atoms with E-state index in [0.717, 1.165) is 25.0 Å². The van der Waals surface area contributed by atoms with Crippen LogP contribution in [0.5, 0.6) is 5.88 Å². The van der Waals surface area contributed by atoms with Crippen molar-refractivity contribution in [2.45, 2.75) is 32.2 Å². The van der Waals surface area contributed by atoms with Gasteiger partial charge in [-0.1, -0.05) is 11.6 Å².